The van der Waals surface area contributed by atoms with Crippen LogP contribution in [0.25, 0.3) is 6.08 Å². The molecule has 1 aromatic carbocycles. The van der Waals surface area contributed by atoms with Crippen LogP contribution in [0.1, 0.15) is 18.4 Å². The molecule has 1 aliphatic heterocycles. The molecule has 3 nitrogen and oxygen atoms in total. The van der Waals surface area contributed by atoms with E-state index in [0.717, 1.165) is 25.9 Å². The standard InChI is InChI=1S/C15H19FN2O/c1-18(13-8-10-17-11-9-13)15(19)7-6-12-4-2-3-5-14(12)16/h2-7,13,17H,8-11H2,1H3. The molecule has 0 aromatic heterocycles. The summed E-state index contributed by atoms with van der Waals surface area (Å²) in [5.74, 6) is -0.383. The maximum Gasteiger partial charge on any atom is 0.246 e. The van der Waals surface area contributed by atoms with Crippen molar-refractivity contribution in [2.75, 3.05) is 20.1 Å². The fraction of sp³-hybridized carbons (Fsp3) is 0.400. The van der Waals surface area contributed by atoms with E-state index in [1.165, 1.54) is 18.2 Å². The van der Waals surface area contributed by atoms with Crippen LogP contribution in [0.4, 0.5) is 4.39 Å². The third-order valence-electron chi connectivity index (χ3n) is 3.51. The number of nitrogens with one attached hydrogen (secondary N) is 1. The van der Waals surface area contributed by atoms with Crippen LogP contribution < -0.4 is 5.32 Å². The molecule has 2 rings (SSSR count). The lowest BCUT2D eigenvalue weighted by Crippen LogP contribution is -2.43. The van der Waals surface area contributed by atoms with Gasteiger partial charge in [0, 0.05) is 24.7 Å². The first kappa shape index (κ1) is 13.7. The van der Waals surface area contributed by atoms with Crippen molar-refractivity contribution in [2.45, 2.75) is 18.9 Å². The number of benzene rings is 1. The summed E-state index contributed by atoms with van der Waals surface area (Å²) in [6.45, 7) is 1.89. The molecular weight excluding hydrogens is 243 g/mol. The first-order valence-corrected chi connectivity index (χ1v) is 6.58. The Morgan fingerprint density at radius 3 is 2.74 bits per heavy atom. The maximum atomic E-state index is 13.4. The first-order chi connectivity index (χ1) is 9.18. The molecule has 1 N–H and O–H groups in total. The fourth-order valence-corrected chi connectivity index (χ4v) is 2.26. The first-order valence-electron chi connectivity index (χ1n) is 6.58. The van der Waals surface area contributed by atoms with Gasteiger partial charge in [0.1, 0.15) is 5.82 Å². The normalized spacial score (nSPS) is 16.7. The van der Waals surface area contributed by atoms with Gasteiger partial charge in [-0.1, -0.05) is 18.2 Å². The van der Waals surface area contributed by atoms with Gasteiger partial charge in [-0.15, -0.1) is 0 Å². The summed E-state index contributed by atoms with van der Waals surface area (Å²) in [6.07, 6.45) is 4.92. The average Bonchev–Trinajstić information content (AvgIpc) is 2.46. The lowest BCUT2D eigenvalue weighted by Gasteiger charge is -2.30. The van der Waals surface area contributed by atoms with Gasteiger partial charge in [0.25, 0.3) is 0 Å². The van der Waals surface area contributed by atoms with E-state index in [0.29, 0.717) is 5.56 Å². The second-order valence-corrected chi connectivity index (χ2v) is 4.79. The van der Waals surface area contributed by atoms with Crippen LogP contribution in [0.2, 0.25) is 0 Å². The molecule has 1 aliphatic rings. The summed E-state index contributed by atoms with van der Waals surface area (Å²) in [6, 6.07) is 6.71. The van der Waals surface area contributed by atoms with Crippen LogP contribution in [0.15, 0.2) is 30.3 Å². The number of hydrogen-bond acceptors (Lipinski definition) is 2. The minimum Gasteiger partial charge on any atom is -0.339 e. The zero-order valence-corrected chi connectivity index (χ0v) is 11.1. The molecule has 0 unspecified atom stereocenters. The van der Waals surface area contributed by atoms with Gasteiger partial charge in [-0.3, -0.25) is 4.79 Å². The minimum atomic E-state index is -0.309. The Kier molecular flexibility index (Phi) is 4.68. The van der Waals surface area contributed by atoms with Crippen molar-refractivity contribution in [3.8, 4) is 0 Å². The molecule has 0 spiro atoms. The van der Waals surface area contributed by atoms with Crippen molar-refractivity contribution in [1.82, 2.24) is 10.2 Å². The average molecular weight is 262 g/mol. The van der Waals surface area contributed by atoms with Crippen LogP contribution in [0.5, 0.6) is 0 Å². The number of halogens is 1. The lowest BCUT2D eigenvalue weighted by molar-refractivity contribution is -0.127. The fourth-order valence-electron chi connectivity index (χ4n) is 2.26. The molecule has 1 aromatic rings. The molecule has 1 saturated heterocycles. The molecule has 19 heavy (non-hydrogen) atoms. The number of carbonyl (C=O) groups excluding carboxylic acids is 1. The van der Waals surface area contributed by atoms with Crippen LogP contribution in [-0.2, 0) is 4.79 Å². The van der Waals surface area contributed by atoms with Crippen molar-refractivity contribution >= 4 is 12.0 Å². The number of likely N-dealkylation sites (N-methyl/N-ethyl adjacent to an activating group) is 1. The molecule has 1 fully saturated rings. The molecular formula is C15H19FN2O. The summed E-state index contributed by atoms with van der Waals surface area (Å²) in [7, 11) is 1.81. The summed E-state index contributed by atoms with van der Waals surface area (Å²) in [4.78, 5) is 13.8. The molecule has 0 bridgehead atoms. The van der Waals surface area contributed by atoms with Crippen molar-refractivity contribution in [1.29, 1.82) is 0 Å². The SMILES string of the molecule is CN(C(=O)C=Cc1ccccc1F)C1CCNCC1. The van der Waals surface area contributed by atoms with Gasteiger partial charge in [-0.05, 0) is 38.1 Å². The molecule has 1 amide bonds. The van der Waals surface area contributed by atoms with Gasteiger partial charge >= 0.3 is 0 Å². The highest BCUT2D eigenvalue weighted by Gasteiger charge is 2.20. The largest absolute Gasteiger partial charge is 0.339 e. The zero-order valence-electron chi connectivity index (χ0n) is 11.1. The summed E-state index contributed by atoms with van der Waals surface area (Å²) in [5.41, 5.74) is 0.439. The van der Waals surface area contributed by atoms with Crippen molar-refractivity contribution in [2.24, 2.45) is 0 Å². The van der Waals surface area contributed by atoms with Gasteiger partial charge in [-0.2, -0.15) is 0 Å². The Balaban J connectivity index is 1.98. The summed E-state index contributed by atoms with van der Waals surface area (Å²) in [5, 5.41) is 3.27. The van der Waals surface area contributed by atoms with Gasteiger partial charge in [0.05, 0.1) is 0 Å². The summed E-state index contributed by atoms with van der Waals surface area (Å²) >= 11 is 0. The third kappa shape index (κ3) is 3.64. The summed E-state index contributed by atoms with van der Waals surface area (Å²) < 4.78 is 13.4. The number of carbonyl (C=O) groups is 1. The number of piperidine rings is 1. The highest BCUT2D eigenvalue weighted by molar-refractivity contribution is 5.91. The third-order valence-corrected chi connectivity index (χ3v) is 3.51. The molecule has 0 atom stereocenters. The highest BCUT2D eigenvalue weighted by atomic mass is 19.1. The van der Waals surface area contributed by atoms with Crippen LogP contribution >= 0.6 is 0 Å². The Labute approximate surface area is 113 Å². The Hall–Kier alpha value is -1.68. The van der Waals surface area contributed by atoms with E-state index in [1.807, 2.05) is 7.05 Å². The Morgan fingerprint density at radius 2 is 2.05 bits per heavy atom. The smallest absolute Gasteiger partial charge is 0.246 e. The predicted molar refractivity (Wildman–Crippen MR) is 74.1 cm³/mol. The van der Waals surface area contributed by atoms with E-state index in [9.17, 15) is 9.18 Å². The Bertz CT molecular complexity index is 467. The number of nitrogens with zero attached hydrogens (tertiary/aromatic N) is 1. The van der Waals surface area contributed by atoms with Crippen molar-refractivity contribution in [3.05, 3.63) is 41.7 Å². The quantitative estimate of drug-likeness (QED) is 0.846. The van der Waals surface area contributed by atoms with E-state index in [1.54, 1.807) is 23.1 Å². The molecule has 4 heteroatoms. The predicted octanol–water partition coefficient (Wildman–Crippen LogP) is 2.05. The second kappa shape index (κ2) is 6.48. The van der Waals surface area contributed by atoms with Crippen LogP contribution in [0, 0.1) is 5.82 Å². The van der Waals surface area contributed by atoms with Crippen LogP contribution in [-0.4, -0.2) is 37.0 Å². The van der Waals surface area contributed by atoms with Gasteiger partial charge in [-0.25, -0.2) is 4.39 Å². The molecule has 0 aliphatic carbocycles. The van der Waals surface area contributed by atoms with E-state index in [2.05, 4.69) is 5.32 Å². The number of rotatable bonds is 3. The van der Waals surface area contributed by atoms with Gasteiger partial charge < -0.3 is 10.2 Å². The molecule has 102 valence electrons. The highest BCUT2D eigenvalue weighted by Crippen LogP contribution is 2.12. The van der Waals surface area contributed by atoms with Crippen molar-refractivity contribution in [3.63, 3.8) is 0 Å². The van der Waals surface area contributed by atoms with E-state index in [-0.39, 0.29) is 17.8 Å². The number of amides is 1. The van der Waals surface area contributed by atoms with E-state index < -0.39 is 0 Å². The van der Waals surface area contributed by atoms with E-state index in [4.69, 9.17) is 0 Å². The Morgan fingerprint density at radius 1 is 1.37 bits per heavy atom. The zero-order chi connectivity index (χ0) is 13.7. The van der Waals surface area contributed by atoms with E-state index >= 15 is 0 Å². The second-order valence-electron chi connectivity index (χ2n) is 4.79. The topological polar surface area (TPSA) is 32.3 Å². The minimum absolute atomic E-state index is 0.0739. The lowest BCUT2D eigenvalue weighted by atomic mass is 10.1. The molecule has 1 heterocycles. The molecule has 0 radical (unpaired) electrons. The molecule has 0 saturated carbocycles. The number of hydrogen-bond donors (Lipinski definition) is 1. The van der Waals surface area contributed by atoms with Gasteiger partial charge in [0.2, 0.25) is 5.91 Å². The monoisotopic (exact) mass is 262 g/mol. The van der Waals surface area contributed by atoms with Gasteiger partial charge in [0.15, 0.2) is 0 Å². The van der Waals surface area contributed by atoms with Crippen LogP contribution in [0.3, 0.4) is 0 Å². The van der Waals surface area contributed by atoms with Crippen molar-refractivity contribution < 1.29 is 9.18 Å². The maximum absolute atomic E-state index is 13.4.